The molecule has 0 saturated heterocycles. The van der Waals surface area contributed by atoms with Gasteiger partial charge in [-0.15, -0.1) is 0 Å². The Morgan fingerprint density at radius 1 is 0.917 bits per heavy atom. The lowest BCUT2D eigenvalue weighted by atomic mass is 10.0. The lowest BCUT2D eigenvalue weighted by molar-refractivity contribution is -0.135. The van der Waals surface area contributed by atoms with Gasteiger partial charge in [-0.3, -0.25) is 14.5 Å². The Labute approximate surface area is 138 Å². The fourth-order valence-electron chi connectivity index (χ4n) is 2.95. The number of H-pyrrole nitrogens is 1. The van der Waals surface area contributed by atoms with E-state index < -0.39 is 0 Å². The molecular weight excluding hydrogens is 302 g/mol. The number of rotatable bonds is 3. The maximum Gasteiger partial charge on any atom is 0.277 e. The summed E-state index contributed by atoms with van der Waals surface area (Å²) in [7, 11) is 1.50. The first-order valence-electron chi connectivity index (χ1n) is 7.62. The van der Waals surface area contributed by atoms with E-state index in [0.29, 0.717) is 11.3 Å². The van der Waals surface area contributed by atoms with E-state index in [4.69, 9.17) is 0 Å². The quantitative estimate of drug-likeness (QED) is 0.730. The van der Waals surface area contributed by atoms with E-state index in [1.54, 1.807) is 6.20 Å². The maximum atomic E-state index is 12.7. The van der Waals surface area contributed by atoms with Crippen LogP contribution in [-0.2, 0) is 9.59 Å². The number of fused-ring (bicyclic) bond motifs is 1. The standard InChI is InChI=1S/C19H15N3O2/c1-22-18(23)16(14-11-20-15-10-6-5-9-13(14)15)17(19(22)24)21-12-7-3-2-4-8-12/h2-11,20-21H,1H3. The van der Waals surface area contributed by atoms with Crippen LogP contribution < -0.4 is 5.32 Å². The third-order valence-electron chi connectivity index (χ3n) is 4.19. The van der Waals surface area contributed by atoms with Crippen LogP contribution in [-0.4, -0.2) is 28.7 Å². The Hall–Kier alpha value is -3.34. The molecule has 2 amide bonds. The Morgan fingerprint density at radius 3 is 2.42 bits per heavy atom. The van der Waals surface area contributed by atoms with Crippen LogP contribution in [0, 0.1) is 0 Å². The molecule has 0 bridgehead atoms. The molecule has 24 heavy (non-hydrogen) atoms. The van der Waals surface area contributed by atoms with Crippen LogP contribution in [0.15, 0.2) is 66.5 Å². The van der Waals surface area contributed by atoms with Crippen LogP contribution in [0.3, 0.4) is 0 Å². The second-order valence-corrected chi connectivity index (χ2v) is 5.66. The normalized spacial score (nSPS) is 14.8. The number of likely N-dealkylation sites (N-methyl/N-ethyl adjacent to an activating group) is 1. The van der Waals surface area contributed by atoms with Crippen LogP contribution in [0.1, 0.15) is 5.56 Å². The molecule has 1 aromatic heterocycles. The Kier molecular flexibility index (Phi) is 3.20. The van der Waals surface area contributed by atoms with Crippen molar-refractivity contribution in [2.24, 2.45) is 0 Å². The molecule has 1 aliphatic heterocycles. The third kappa shape index (κ3) is 2.10. The molecule has 5 nitrogen and oxygen atoms in total. The molecule has 0 fully saturated rings. The molecule has 3 aromatic rings. The van der Waals surface area contributed by atoms with Crippen molar-refractivity contribution >= 4 is 34.0 Å². The Bertz CT molecular complexity index is 986. The van der Waals surface area contributed by atoms with Gasteiger partial charge < -0.3 is 10.3 Å². The summed E-state index contributed by atoms with van der Waals surface area (Å²) >= 11 is 0. The first kappa shape index (κ1) is 14.3. The van der Waals surface area contributed by atoms with Gasteiger partial charge in [-0.05, 0) is 18.2 Å². The fourth-order valence-corrected chi connectivity index (χ4v) is 2.95. The van der Waals surface area contributed by atoms with E-state index in [2.05, 4.69) is 10.3 Å². The van der Waals surface area contributed by atoms with Crippen molar-refractivity contribution in [2.45, 2.75) is 0 Å². The van der Waals surface area contributed by atoms with Gasteiger partial charge in [0, 0.05) is 35.4 Å². The minimum Gasteiger partial charge on any atom is -0.361 e. The first-order valence-corrected chi connectivity index (χ1v) is 7.62. The van der Waals surface area contributed by atoms with Gasteiger partial charge in [0.25, 0.3) is 11.8 Å². The number of hydrogen-bond donors (Lipinski definition) is 2. The fraction of sp³-hybridized carbons (Fsp3) is 0.0526. The van der Waals surface area contributed by atoms with Crippen LogP contribution in [0.25, 0.3) is 16.5 Å². The average Bonchev–Trinajstić information content (AvgIpc) is 3.12. The predicted octanol–water partition coefficient (Wildman–Crippen LogP) is 2.99. The van der Waals surface area contributed by atoms with E-state index in [1.165, 1.54) is 7.05 Å². The summed E-state index contributed by atoms with van der Waals surface area (Å²) in [6.45, 7) is 0. The van der Waals surface area contributed by atoms with Gasteiger partial charge in [-0.25, -0.2) is 0 Å². The lowest BCUT2D eigenvalue weighted by Gasteiger charge is -2.08. The number of anilines is 1. The molecule has 2 heterocycles. The van der Waals surface area contributed by atoms with Gasteiger partial charge in [0.1, 0.15) is 5.70 Å². The number of aromatic nitrogens is 1. The number of benzene rings is 2. The minimum absolute atomic E-state index is 0.303. The highest BCUT2D eigenvalue weighted by Gasteiger charge is 2.37. The highest BCUT2D eigenvalue weighted by molar-refractivity contribution is 6.37. The van der Waals surface area contributed by atoms with Crippen LogP contribution in [0.5, 0.6) is 0 Å². The second-order valence-electron chi connectivity index (χ2n) is 5.66. The minimum atomic E-state index is -0.330. The van der Waals surface area contributed by atoms with Gasteiger partial charge in [0.05, 0.1) is 5.57 Å². The zero-order valence-corrected chi connectivity index (χ0v) is 13.0. The van der Waals surface area contributed by atoms with Gasteiger partial charge in [-0.1, -0.05) is 36.4 Å². The highest BCUT2D eigenvalue weighted by atomic mass is 16.2. The molecule has 0 spiro atoms. The monoisotopic (exact) mass is 317 g/mol. The number of carbonyl (C=O) groups excluding carboxylic acids is 2. The largest absolute Gasteiger partial charge is 0.361 e. The van der Waals surface area contributed by atoms with Crippen LogP contribution in [0.4, 0.5) is 5.69 Å². The van der Waals surface area contributed by atoms with Crippen molar-refractivity contribution in [1.29, 1.82) is 0 Å². The van der Waals surface area contributed by atoms with Crippen molar-refractivity contribution in [3.05, 3.63) is 72.1 Å². The number of nitrogens with one attached hydrogen (secondary N) is 2. The summed E-state index contributed by atoms with van der Waals surface area (Å²) in [6, 6.07) is 17.1. The number of carbonyl (C=O) groups is 2. The molecule has 0 atom stereocenters. The first-order chi connectivity index (χ1) is 11.7. The van der Waals surface area contributed by atoms with E-state index in [0.717, 1.165) is 27.1 Å². The van der Waals surface area contributed by atoms with Crippen molar-refractivity contribution < 1.29 is 9.59 Å². The van der Waals surface area contributed by atoms with Crippen LogP contribution >= 0.6 is 0 Å². The number of hydrogen-bond acceptors (Lipinski definition) is 3. The Morgan fingerprint density at radius 2 is 1.62 bits per heavy atom. The van der Waals surface area contributed by atoms with E-state index in [-0.39, 0.29) is 11.8 Å². The molecule has 1 aliphatic rings. The molecule has 0 unspecified atom stereocenters. The zero-order valence-electron chi connectivity index (χ0n) is 13.0. The molecule has 4 rings (SSSR count). The molecule has 2 N–H and O–H groups in total. The molecule has 0 radical (unpaired) electrons. The molecule has 0 aliphatic carbocycles. The molecule has 5 heteroatoms. The lowest BCUT2D eigenvalue weighted by Crippen LogP contribution is -2.27. The summed E-state index contributed by atoms with van der Waals surface area (Å²) in [4.78, 5) is 29.5. The number of imide groups is 1. The van der Waals surface area contributed by atoms with Crippen molar-refractivity contribution in [1.82, 2.24) is 9.88 Å². The van der Waals surface area contributed by atoms with Crippen molar-refractivity contribution in [2.75, 3.05) is 12.4 Å². The summed E-state index contributed by atoms with van der Waals surface area (Å²) < 4.78 is 0. The van der Waals surface area contributed by atoms with Gasteiger partial charge in [0.15, 0.2) is 0 Å². The van der Waals surface area contributed by atoms with Crippen molar-refractivity contribution in [3.8, 4) is 0 Å². The van der Waals surface area contributed by atoms with Gasteiger partial charge in [-0.2, -0.15) is 0 Å². The highest BCUT2D eigenvalue weighted by Crippen LogP contribution is 2.33. The van der Waals surface area contributed by atoms with E-state index in [1.807, 2.05) is 54.6 Å². The smallest absolute Gasteiger partial charge is 0.277 e. The topological polar surface area (TPSA) is 65.2 Å². The molecule has 2 aromatic carbocycles. The van der Waals surface area contributed by atoms with Crippen molar-refractivity contribution in [3.63, 3.8) is 0 Å². The number of amides is 2. The van der Waals surface area contributed by atoms with Crippen LogP contribution in [0.2, 0.25) is 0 Å². The van der Waals surface area contributed by atoms with Gasteiger partial charge >= 0.3 is 0 Å². The van der Waals surface area contributed by atoms with Gasteiger partial charge in [0.2, 0.25) is 0 Å². The molecule has 0 saturated carbocycles. The second kappa shape index (κ2) is 5.38. The zero-order chi connectivity index (χ0) is 16.7. The predicted molar refractivity (Wildman–Crippen MR) is 93.1 cm³/mol. The molecular formula is C19H15N3O2. The Balaban J connectivity index is 1.90. The van der Waals surface area contributed by atoms with E-state index >= 15 is 0 Å². The third-order valence-corrected chi connectivity index (χ3v) is 4.19. The summed E-state index contributed by atoms with van der Waals surface area (Å²) in [5.74, 6) is -0.632. The molecule has 118 valence electrons. The number of para-hydroxylation sites is 2. The number of nitrogens with zero attached hydrogens (tertiary/aromatic N) is 1. The summed E-state index contributed by atoms with van der Waals surface area (Å²) in [5.41, 5.74) is 3.11. The number of aromatic amines is 1. The average molecular weight is 317 g/mol. The summed E-state index contributed by atoms with van der Waals surface area (Å²) in [6.07, 6.45) is 1.77. The van der Waals surface area contributed by atoms with E-state index in [9.17, 15) is 9.59 Å². The maximum absolute atomic E-state index is 12.7. The summed E-state index contributed by atoms with van der Waals surface area (Å²) in [5, 5.41) is 4.02. The SMILES string of the molecule is CN1C(=O)C(Nc2ccccc2)=C(c2c[nH]c3ccccc23)C1=O.